The predicted octanol–water partition coefficient (Wildman–Crippen LogP) is 6.52. The molecule has 0 fully saturated rings. The predicted molar refractivity (Wildman–Crippen MR) is 131 cm³/mol. The summed E-state index contributed by atoms with van der Waals surface area (Å²) < 4.78 is 6.47. The molecule has 34 heavy (non-hydrogen) atoms. The fraction of sp³-hybridized carbons (Fsp3) is 0. The molecule has 0 saturated heterocycles. The first-order chi connectivity index (χ1) is 16.9. The Bertz CT molecular complexity index is 1480. The monoisotopic (exact) mass is 441 g/mol. The summed E-state index contributed by atoms with van der Waals surface area (Å²) in [7, 11) is 0. The molecule has 6 aromatic rings. The second-order valence-corrected chi connectivity index (χ2v) is 7.76. The number of H-pyrrole nitrogens is 1. The van der Waals surface area contributed by atoms with Crippen molar-refractivity contribution < 1.29 is 4.42 Å². The zero-order chi connectivity index (χ0) is 22.7. The fourth-order valence-electron chi connectivity index (χ4n) is 4.11. The highest BCUT2D eigenvalue weighted by molar-refractivity contribution is 5.89. The molecule has 0 aliphatic heterocycles. The van der Waals surface area contributed by atoms with Crippen LogP contribution in [-0.2, 0) is 0 Å². The van der Waals surface area contributed by atoms with Crippen LogP contribution >= 0.6 is 0 Å². The van der Waals surface area contributed by atoms with Gasteiger partial charge in [-0.1, -0.05) is 103 Å². The third-order valence-corrected chi connectivity index (χ3v) is 5.67. The van der Waals surface area contributed by atoms with Gasteiger partial charge in [0.05, 0.1) is 0 Å². The van der Waals surface area contributed by atoms with Crippen molar-refractivity contribution in [1.29, 1.82) is 0 Å². The Morgan fingerprint density at radius 1 is 0.559 bits per heavy atom. The van der Waals surface area contributed by atoms with Crippen LogP contribution in [0.25, 0.3) is 56.6 Å². The number of tetrazole rings is 1. The van der Waals surface area contributed by atoms with Crippen LogP contribution in [-0.4, -0.2) is 25.6 Å². The number of nitrogens with zero attached hydrogens (tertiary/aromatic N) is 4. The minimum Gasteiger partial charge on any atom is -0.435 e. The third kappa shape index (κ3) is 3.57. The van der Waals surface area contributed by atoms with Crippen molar-refractivity contribution in [2.75, 3.05) is 0 Å². The van der Waals surface area contributed by atoms with E-state index in [1.807, 2.05) is 103 Å². The van der Waals surface area contributed by atoms with Crippen molar-refractivity contribution in [3.8, 4) is 56.6 Å². The summed E-state index contributed by atoms with van der Waals surface area (Å²) in [5, 5.41) is 14.6. The van der Waals surface area contributed by atoms with E-state index in [0.717, 1.165) is 44.8 Å². The maximum atomic E-state index is 6.47. The molecule has 4 aromatic carbocycles. The van der Waals surface area contributed by atoms with E-state index in [-0.39, 0.29) is 0 Å². The second-order valence-electron chi connectivity index (χ2n) is 7.76. The number of hydrogen-bond donors (Lipinski definition) is 1. The van der Waals surface area contributed by atoms with Gasteiger partial charge < -0.3 is 4.42 Å². The van der Waals surface area contributed by atoms with Crippen molar-refractivity contribution in [3.05, 3.63) is 109 Å². The Kier molecular flexibility index (Phi) is 5.01. The first-order valence-corrected chi connectivity index (χ1v) is 10.9. The molecule has 0 aliphatic rings. The van der Waals surface area contributed by atoms with Crippen LogP contribution in [0.4, 0.5) is 0 Å². The summed E-state index contributed by atoms with van der Waals surface area (Å²) in [6.45, 7) is 0. The van der Waals surface area contributed by atoms with Gasteiger partial charge in [0.25, 0.3) is 0 Å². The highest BCUT2D eigenvalue weighted by Gasteiger charge is 2.21. The molecule has 6 nitrogen and oxygen atoms in total. The highest BCUT2D eigenvalue weighted by Crippen LogP contribution is 2.40. The summed E-state index contributed by atoms with van der Waals surface area (Å²) in [6.07, 6.45) is 0. The summed E-state index contributed by atoms with van der Waals surface area (Å²) >= 11 is 0. The molecule has 6 rings (SSSR count). The van der Waals surface area contributed by atoms with Gasteiger partial charge in [0.15, 0.2) is 5.76 Å². The Morgan fingerprint density at radius 2 is 1.12 bits per heavy atom. The van der Waals surface area contributed by atoms with Crippen LogP contribution < -0.4 is 0 Å². The average Bonchev–Trinajstić information content (AvgIpc) is 3.61. The maximum Gasteiger partial charge on any atom is 0.227 e. The lowest BCUT2D eigenvalue weighted by Gasteiger charge is -2.10. The quantitative estimate of drug-likeness (QED) is 0.329. The SMILES string of the molecule is c1ccc(-c2nc(-c3ccccc3-c3ccccc3-c3nn[nH]n3)oc2-c2ccccc2)cc1. The van der Waals surface area contributed by atoms with Gasteiger partial charge in [0.2, 0.25) is 11.7 Å². The molecule has 0 saturated carbocycles. The molecule has 2 heterocycles. The molecule has 162 valence electrons. The number of nitrogens with one attached hydrogen (secondary N) is 1. The molecule has 2 aromatic heterocycles. The van der Waals surface area contributed by atoms with Crippen LogP contribution in [0.5, 0.6) is 0 Å². The lowest BCUT2D eigenvalue weighted by molar-refractivity contribution is 0.589. The Morgan fingerprint density at radius 3 is 1.76 bits per heavy atom. The number of oxazole rings is 1. The van der Waals surface area contributed by atoms with Crippen molar-refractivity contribution >= 4 is 0 Å². The van der Waals surface area contributed by atoms with Gasteiger partial charge in [0, 0.05) is 22.3 Å². The molecule has 0 atom stereocenters. The van der Waals surface area contributed by atoms with Crippen LogP contribution in [0.2, 0.25) is 0 Å². The molecule has 0 amide bonds. The summed E-state index contributed by atoms with van der Waals surface area (Å²) in [6, 6.07) is 36.2. The van der Waals surface area contributed by atoms with E-state index in [1.54, 1.807) is 0 Å². The summed E-state index contributed by atoms with van der Waals surface area (Å²) in [4.78, 5) is 4.99. The maximum absolute atomic E-state index is 6.47. The third-order valence-electron chi connectivity index (χ3n) is 5.67. The van der Waals surface area contributed by atoms with Crippen molar-refractivity contribution in [1.82, 2.24) is 25.6 Å². The molecular weight excluding hydrogens is 422 g/mol. The topological polar surface area (TPSA) is 80.5 Å². The molecular formula is C28H19N5O. The normalized spacial score (nSPS) is 10.9. The largest absolute Gasteiger partial charge is 0.435 e. The first-order valence-electron chi connectivity index (χ1n) is 10.9. The van der Waals surface area contributed by atoms with Crippen molar-refractivity contribution in [2.24, 2.45) is 0 Å². The van der Waals surface area contributed by atoms with Gasteiger partial charge >= 0.3 is 0 Å². The van der Waals surface area contributed by atoms with E-state index >= 15 is 0 Å². The number of aromatic nitrogens is 5. The zero-order valence-corrected chi connectivity index (χ0v) is 18.1. The number of aromatic amines is 1. The molecule has 0 spiro atoms. The van der Waals surface area contributed by atoms with E-state index in [0.29, 0.717) is 11.7 Å². The van der Waals surface area contributed by atoms with E-state index in [9.17, 15) is 0 Å². The molecule has 0 bridgehead atoms. The van der Waals surface area contributed by atoms with E-state index in [1.165, 1.54) is 0 Å². The van der Waals surface area contributed by atoms with Gasteiger partial charge in [0.1, 0.15) is 5.69 Å². The van der Waals surface area contributed by atoms with Crippen LogP contribution in [0.3, 0.4) is 0 Å². The molecule has 6 heteroatoms. The Hall–Kier alpha value is -4.84. The molecule has 0 radical (unpaired) electrons. The van der Waals surface area contributed by atoms with Gasteiger partial charge in [-0.2, -0.15) is 5.21 Å². The fourth-order valence-corrected chi connectivity index (χ4v) is 4.11. The lowest BCUT2D eigenvalue weighted by Crippen LogP contribution is -1.90. The summed E-state index contributed by atoms with van der Waals surface area (Å²) in [5.74, 6) is 1.83. The van der Waals surface area contributed by atoms with Gasteiger partial charge in [-0.3, -0.25) is 0 Å². The Balaban J connectivity index is 1.56. The zero-order valence-electron chi connectivity index (χ0n) is 18.1. The molecule has 1 N–H and O–H groups in total. The number of rotatable bonds is 5. The second kappa shape index (κ2) is 8.60. The van der Waals surface area contributed by atoms with E-state index in [4.69, 9.17) is 9.40 Å². The minimum absolute atomic E-state index is 0.535. The standard InChI is InChI=1S/C28H19N5O/c1-3-11-19(12-4-1)25-26(20-13-5-2-6-14-20)34-28(29-25)24-18-10-8-16-22(24)21-15-7-9-17-23(21)27-30-32-33-31-27/h1-18H,(H,30,31,32,33). The molecule has 0 aliphatic carbocycles. The van der Waals surface area contributed by atoms with E-state index in [2.05, 4.69) is 26.7 Å². The van der Waals surface area contributed by atoms with Crippen LogP contribution in [0.1, 0.15) is 0 Å². The van der Waals surface area contributed by atoms with Gasteiger partial charge in [-0.15, -0.1) is 10.2 Å². The van der Waals surface area contributed by atoms with Crippen LogP contribution in [0, 0.1) is 0 Å². The number of hydrogen-bond acceptors (Lipinski definition) is 5. The molecule has 0 unspecified atom stereocenters. The van der Waals surface area contributed by atoms with Crippen molar-refractivity contribution in [2.45, 2.75) is 0 Å². The smallest absolute Gasteiger partial charge is 0.227 e. The summed E-state index contributed by atoms with van der Waals surface area (Å²) in [5.41, 5.74) is 6.50. The van der Waals surface area contributed by atoms with Gasteiger partial charge in [-0.05, 0) is 22.4 Å². The lowest BCUT2D eigenvalue weighted by atomic mass is 9.95. The average molecular weight is 441 g/mol. The van der Waals surface area contributed by atoms with E-state index < -0.39 is 0 Å². The van der Waals surface area contributed by atoms with Gasteiger partial charge in [-0.25, -0.2) is 4.98 Å². The van der Waals surface area contributed by atoms with Crippen molar-refractivity contribution in [3.63, 3.8) is 0 Å². The first kappa shape index (κ1) is 19.8. The number of benzene rings is 4. The minimum atomic E-state index is 0.535. The van der Waals surface area contributed by atoms with Crippen LogP contribution in [0.15, 0.2) is 114 Å². The highest BCUT2D eigenvalue weighted by atomic mass is 16.4. The Labute approximate surface area is 196 Å².